The molecule has 0 radical (unpaired) electrons. The number of non-ortho nitro benzene ring substituents is 2. The van der Waals surface area contributed by atoms with E-state index in [0.717, 1.165) is 18.2 Å². The molecule has 1 unspecified atom stereocenters. The van der Waals surface area contributed by atoms with Gasteiger partial charge in [0.05, 0.1) is 22.5 Å². The van der Waals surface area contributed by atoms with Crippen molar-refractivity contribution in [2.75, 3.05) is 6.61 Å². The Bertz CT molecular complexity index is 814. The molecule has 1 N–H and O–H groups in total. The van der Waals surface area contributed by atoms with Crippen LogP contribution in [0.25, 0.3) is 0 Å². The number of nitrogens with one attached hydrogen (secondary N) is 1. The Morgan fingerprint density at radius 3 is 1.93 bits per heavy atom. The molecule has 0 saturated carbocycles. The number of esters is 2. The normalized spacial score (nSPS) is 11.7. The Hall–Kier alpha value is -3.77. The number of nitrogens with zero attached hydrogens (tertiary/aromatic N) is 2. The zero-order valence-electron chi connectivity index (χ0n) is 16.7. The van der Waals surface area contributed by atoms with Crippen LogP contribution in [-0.4, -0.2) is 46.1 Å². The van der Waals surface area contributed by atoms with Crippen LogP contribution in [0, 0.1) is 20.2 Å². The lowest BCUT2D eigenvalue weighted by Crippen LogP contribution is -2.49. The van der Waals surface area contributed by atoms with E-state index in [0.29, 0.717) is 0 Å². The van der Waals surface area contributed by atoms with Gasteiger partial charge in [-0.1, -0.05) is 0 Å². The molecule has 0 aliphatic carbocycles. The molecule has 1 rings (SSSR count). The van der Waals surface area contributed by atoms with Crippen molar-refractivity contribution in [1.82, 2.24) is 5.32 Å². The van der Waals surface area contributed by atoms with Gasteiger partial charge in [0.25, 0.3) is 11.4 Å². The van der Waals surface area contributed by atoms with Gasteiger partial charge in [-0.15, -0.1) is 0 Å². The number of ether oxygens (including phenoxy) is 3. The van der Waals surface area contributed by atoms with Crippen LogP contribution in [0.2, 0.25) is 0 Å². The van der Waals surface area contributed by atoms with Gasteiger partial charge in [0.2, 0.25) is 6.04 Å². The number of hydrogen-bond donors (Lipinski definition) is 1. The molecular weight excluding hydrogens is 406 g/mol. The monoisotopic (exact) mass is 427 g/mol. The average molecular weight is 427 g/mol. The van der Waals surface area contributed by atoms with Crippen molar-refractivity contribution in [1.29, 1.82) is 0 Å². The van der Waals surface area contributed by atoms with Crippen molar-refractivity contribution in [3.8, 4) is 0 Å². The fourth-order valence-corrected chi connectivity index (χ4v) is 2.05. The van der Waals surface area contributed by atoms with Crippen molar-refractivity contribution in [3.05, 3.63) is 44.0 Å². The third-order valence-corrected chi connectivity index (χ3v) is 3.18. The molecule has 0 aliphatic heterocycles. The summed E-state index contributed by atoms with van der Waals surface area (Å²) in [4.78, 5) is 56.4. The third kappa shape index (κ3) is 7.69. The second-order valence-electron chi connectivity index (χ2n) is 6.81. The van der Waals surface area contributed by atoms with Gasteiger partial charge in [-0.25, -0.2) is 14.4 Å². The number of carbonyl (C=O) groups excluding carboxylic acids is 3. The van der Waals surface area contributed by atoms with Crippen LogP contribution in [0.3, 0.4) is 0 Å². The average Bonchev–Trinajstić information content (AvgIpc) is 2.62. The summed E-state index contributed by atoms with van der Waals surface area (Å²) in [5, 5.41) is 23.9. The standard InChI is InChI=1S/C17H21N3O10/c1-5-28-14(21)13(18-16(23)30-17(2,3)4)15(22)29-9-10-6-11(19(24)25)8-12(7-10)20(26)27/h6-8,13H,5,9H2,1-4H3,(H,18,23). The lowest BCUT2D eigenvalue weighted by atomic mass is 10.2. The smallest absolute Gasteiger partial charge is 0.408 e. The van der Waals surface area contributed by atoms with E-state index in [2.05, 4.69) is 0 Å². The van der Waals surface area contributed by atoms with Gasteiger partial charge in [-0.2, -0.15) is 0 Å². The van der Waals surface area contributed by atoms with Crippen LogP contribution in [0.1, 0.15) is 33.3 Å². The van der Waals surface area contributed by atoms with E-state index in [1.54, 1.807) is 20.8 Å². The molecule has 13 heteroatoms. The van der Waals surface area contributed by atoms with Crippen LogP contribution in [0.15, 0.2) is 18.2 Å². The van der Waals surface area contributed by atoms with Gasteiger partial charge in [0.1, 0.15) is 12.2 Å². The molecule has 0 fully saturated rings. The molecule has 0 bridgehead atoms. The van der Waals surface area contributed by atoms with Crippen LogP contribution in [-0.2, 0) is 30.4 Å². The van der Waals surface area contributed by atoms with Gasteiger partial charge in [0, 0.05) is 17.7 Å². The van der Waals surface area contributed by atoms with E-state index >= 15 is 0 Å². The molecule has 0 heterocycles. The molecule has 1 atom stereocenters. The number of carbonyl (C=O) groups is 3. The largest absolute Gasteiger partial charge is 0.464 e. The maximum absolute atomic E-state index is 12.3. The molecule has 1 aromatic carbocycles. The number of alkyl carbamates (subject to hydrolysis) is 1. The van der Waals surface area contributed by atoms with Crippen LogP contribution in [0.4, 0.5) is 16.2 Å². The van der Waals surface area contributed by atoms with E-state index in [-0.39, 0.29) is 12.2 Å². The minimum absolute atomic E-state index is 0.0656. The van der Waals surface area contributed by atoms with E-state index in [1.165, 1.54) is 6.92 Å². The lowest BCUT2D eigenvalue weighted by Gasteiger charge is -2.22. The summed E-state index contributed by atoms with van der Waals surface area (Å²) in [6.07, 6.45) is -1.08. The molecule has 0 aromatic heterocycles. The Kier molecular flexibility index (Phi) is 8.20. The number of rotatable bonds is 8. The summed E-state index contributed by atoms with van der Waals surface area (Å²) in [6, 6.07) is 0.826. The summed E-state index contributed by atoms with van der Waals surface area (Å²) < 4.78 is 14.6. The molecule has 1 amide bonds. The lowest BCUT2D eigenvalue weighted by molar-refractivity contribution is -0.394. The Balaban J connectivity index is 2.99. The summed E-state index contributed by atoms with van der Waals surface area (Å²) in [7, 11) is 0. The second-order valence-corrected chi connectivity index (χ2v) is 6.81. The van der Waals surface area contributed by atoms with Gasteiger partial charge < -0.3 is 14.2 Å². The van der Waals surface area contributed by atoms with Crippen molar-refractivity contribution in [3.63, 3.8) is 0 Å². The van der Waals surface area contributed by atoms with Gasteiger partial charge in [-0.05, 0) is 27.7 Å². The number of benzene rings is 1. The predicted octanol–water partition coefficient (Wildman–Crippen LogP) is 2.00. The quantitative estimate of drug-likeness (QED) is 0.212. The van der Waals surface area contributed by atoms with Gasteiger partial charge >= 0.3 is 18.0 Å². The Morgan fingerprint density at radius 1 is 1.00 bits per heavy atom. The zero-order chi connectivity index (χ0) is 23.1. The Labute approximate surface area is 170 Å². The highest BCUT2D eigenvalue weighted by molar-refractivity contribution is 6.01. The molecule has 30 heavy (non-hydrogen) atoms. The first-order valence-electron chi connectivity index (χ1n) is 8.59. The fraction of sp³-hybridized carbons (Fsp3) is 0.471. The molecular formula is C17H21N3O10. The summed E-state index contributed by atoms with van der Waals surface area (Å²) in [5.41, 5.74) is -2.13. The van der Waals surface area contributed by atoms with E-state index in [1.807, 2.05) is 5.32 Å². The Morgan fingerprint density at radius 2 is 1.50 bits per heavy atom. The maximum atomic E-state index is 12.3. The van der Waals surface area contributed by atoms with Crippen LogP contribution < -0.4 is 5.32 Å². The highest BCUT2D eigenvalue weighted by Crippen LogP contribution is 2.23. The van der Waals surface area contributed by atoms with Crippen molar-refractivity contribution in [2.24, 2.45) is 0 Å². The molecule has 13 nitrogen and oxygen atoms in total. The van der Waals surface area contributed by atoms with E-state index in [4.69, 9.17) is 14.2 Å². The molecule has 164 valence electrons. The molecule has 0 saturated heterocycles. The zero-order valence-corrected chi connectivity index (χ0v) is 16.7. The van der Waals surface area contributed by atoms with Gasteiger partial charge in [-0.3, -0.25) is 25.5 Å². The highest BCUT2D eigenvalue weighted by Gasteiger charge is 2.33. The maximum Gasteiger partial charge on any atom is 0.408 e. The molecule has 0 aliphatic rings. The summed E-state index contributed by atoms with van der Waals surface area (Å²) >= 11 is 0. The number of hydrogen-bond acceptors (Lipinski definition) is 10. The van der Waals surface area contributed by atoms with Crippen LogP contribution >= 0.6 is 0 Å². The SMILES string of the molecule is CCOC(=O)C(NC(=O)OC(C)(C)C)C(=O)OCc1cc([N+](=O)[O-])cc([N+](=O)[O-])c1. The first-order chi connectivity index (χ1) is 13.8. The third-order valence-electron chi connectivity index (χ3n) is 3.18. The fourth-order valence-electron chi connectivity index (χ4n) is 2.05. The minimum atomic E-state index is -1.87. The highest BCUT2D eigenvalue weighted by atomic mass is 16.6. The topological polar surface area (TPSA) is 177 Å². The number of nitro groups is 2. The number of nitro benzene ring substituents is 2. The van der Waals surface area contributed by atoms with Gasteiger partial charge in [0.15, 0.2) is 0 Å². The first kappa shape index (κ1) is 24.3. The molecule has 0 spiro atoms. The second kappa shape index (κ2) is 10.1. The van der Waals surface area contributed by atoms with Crippen molar-refractivity contribution >= 4 is 29.4 Å². The summed E-state index contributed by atoms with van der Waals surface area (Å²) in [6.45, 7) is 5.47. The summed E-state index contributed by atoms with van der Waals surface area (Å²) in [5.74, 6) is -2.35. The molecule has 1 aromatic rings. The van der Waals surface area contributed by atoms with Crippen molar-refractivity contribution in [2.45, 2.75) is 45.9 Å². The van der Waals surface area contributed by atoms with E-state index in [9.17, 15) is 34.6 Å². The minimum Gasteiger partial charge on any atom is -0.464 e. The van der Waals surface area contributed by atoms with Crippen molar-refractivity contribution < 1.29 is 38.4 Å². The first-order valence-corrected chi connectivity index (χ1v) is 8.59. The number of amides is 1. The predicted molar refractivity (Wildman–Crippen MR) is 99.3 cm³/mol. The van der Waals surface area contributed by atoms with E-state index < -0.39 is 57.5 Å². The van der Waals surface area contributed by atoms with Crippen LogP contribution in [0.5, 0.6) is 0 Å².